The SMILES string of the molecule is CCCN1c2ccc(/C=N\NC(=O)C(O)(c3ccccc3)c3ccccc3)cc2C(C)CC1(C)C. The minimum Gasteiger partial charge on any atom is -0.372 e. The molecule has 3 aromatic carbocycles. The van der Waals surface area contributed by atoms with Gasteiger partial charge < -0.3 is 10.0 Å². The van der Waals surface area contributed by atoms with E-state index < -0.39 is 11.5 Å². The summed E-state index contributed by atoms with van der Waals surface area (Å²) in [5.74, 6) is -0.175. The Balaban J connectivity index is 1.58. The van der Waals surface area contributed by atoms with Crippen molar-refractivity contribution in [1.29, 1.82) is 0 Å². The molecule has 182 valence electrons. The Kier molecular flexibility index (Phi) is 7.08. The van der Waals surface area contributed by atoms with Crippen molar-refractivity contribution in [3.8, 4) is 0 Å². The number of nitrogens with one attached hydrogen (secondary N) is 1. The molecule has 1 aliphatic heterocycles. The van der Waals surface area contributed by atoms with Crippen molar-refractivity contribution in [1.82, 2.24) is 5.43 Å². The molecule has 1 unspecified atom stereocenters. The molecule has 35 heavy (non-hydrogen) atoms. The van der Waals surface area contributed by atoms with Crippen LogP contribution in [0.25, 0.3) is 0 Å². The van der Waals surface area contributed by atoms with Crippen LogP contribution >= 0.6 is 0 Å². The Labute approximate surface area is 208 Å². The lowest BCUT2D eigenvalue weighted by atomic mass is 9.79. The first-order valence-corrected chi connectivity index (χ1v) is 12.4. The third-order valence-corrected chi connectivity index (χ3v) is 6.95. The summed E-state index contributed by atoms with van der Waals surface area (Å²) in [4.78, 5) is 15.8. The van der Waals surface area contributed by atoms with Crippen LogP contribution in [0.1, 0.15) is 68.7 Å². The van der Waals surface area contributed by atoms with E-state index in [9.17, 15) is 9.90 Å². The summed E-state index contributed by atoms with van der Waals surface area (Å²) in [5, 5.41) is 15.8. The molecule has 1 amide bonds. The van der Waals surface area contributed by atoms with Gasteiger partial charge in [0.25, 0.3) is 5.91 Å². The monoisotopic (exact) mass is 469 g/mol. The first-order valence-electron chi connectivity index (χ1n) is 12.4. The number of anilines is 1. The second-order valence-corrected chi connectivity index (χ2v) is 10.0. The van der Waals surface area contributed by atoms with Gasteiger partial charge in [0.2, 0.25) is 0 Å². The maximum absolute atomic E-state index is 13.2. The average molecular weight is 470 g/mol. The molecular weight excluding hydrogens is 434 g/mol. The zero-order chi connectivity index (χ0) is 25.1. The van der Waals surface area contributed by atoms with Crippen molar-refractivity contribution in [3.05, 3.63) is 101 Å². The second-order valence-electron chi connectivity index (χ2n) is 10.0. The van der Waals surface area contributed by atoms with Gasteiger partial charge in [0.05, 0.1) is 6.21 Å². The lowest BCUT2D eigenvalue weighted by Gasteiger charge is -2.47. The van der Waals surface area contributed by atoms with Crippen LogP contribution in [0, 0.1) is 0 Å². The molecule has 5 heteroatoms. The van der Waals surface area contributed by atoms with Crippen molar-refractivity contribution >= 4 is 17.8 Å². The molecule has 0 radical (unpaired) electrons. The highest BCUT2D eigenvalue weighted by Gasteiger charge is 2.40. The largest absolute Gasteiger partial charge is 0.372 e. The number of carbonyl (C=O) groups is 1. The van der Waals surface area contributed by atoms with Gasteiger partial charge in [0, 0.05) is 17.8 Å². The number of rotatable bonds is 7. The van der Waals surface area contributed by atoms with Crippen LogP contribution in [0.4, 0.5) is 5.69 Å². The number of hydrogen-bond acceptors (Lipinski definition) is 4. The smallest absolute Gasteiger partial charge is 0.281 e. The van der Waals surface area contributed by atoms with Gasteiger partial charge >= 0.3 is 0 Å². The van der Waals surface area contributed by atoms with Gasteiger partial charge in [-0.05, 0) is 67.0 Å². The first-order chi connectivity index (χ1) is 16.8. The van der Waals surface area contributed by atoms with E-state index in [1.165, 1.54) is 11.3 Å². The third-order valence-electron chi connectivity index (χ3n) is 6.95. The maximum atomic E-state index is 13.2. The van der Waals surface area contributed by atoms with Gasteiger partial charge in [-0.2, -0.15) is 5.10 Å². The Bertz CT molecular complexity index is 1150. The second kappa shape index (κ2) is 10.0. The van der Waals surface area contributed by atoms with Crippen molar-refractivity contribution in [2.45, 2.75) is 57.6 Å². The van der Waals surface area contributed by atoms with Crippen LogP contribution in [0.15, 0.2) is 84.0 Å². The Morgan fingerprint density at radius 1 is 1.09 bits per heavy atom. The van der Waals surface area contributed by atoms with Crippen molar-refractivity contribution in [3.63, 3.8) is 0 Å². The Hall–Kier alpha value is -3.44. The van der Waals surface area contributed by atoms with Crippen LogP contribution in [-0.4, -0.2) is 29.3 Å². The molecule has 0 bridgehead atoms. The molecule has 0 saturated carbocycles. The van der Waals surface area contributed by atoms with Gasteiger partial charge in [-0.15, -0.1) is 0 Å². The van der Waals surface area contributed by atoms with Crippen LogP contribution in [0.3, 0.4) is 0 Å². The van der Waals surface area contributed by atoms with Crippen LogP contribution in [0.5, 0.6) is 0 Å². The lowest BCUT2D eigenvalue weighted by Crippen LogP contribution is -2.48. The zero-order valence-electron chi connectivity index (χ0n) is 21.0. The van der Waals surface area contributed by atoms with Gasteiger partial charge in [-0.25, -0.2) is 5.43 Å². The van der Waals surface area contributed by atoms with Gasteiger partial charge in [-0.3, -0.25) is 4.79 Å². The van der Waals surface area contributed by atoms with Gasteiger partial charge in [-0.1, -0.05) is 80.6 Å². The molecule has 1 aliphatic rings. The summed E-state index contributed by atoms with van der Waals surface area (Å²) in [5.41, 5.74) is 5.30. The molecule has 0 saturated heterocycles. The standard InChI is InChI=1S/C30H35N3O2/c1-5-18-33-27-17-16-23(19-26(27)22(2)20-29(33,3)4)21-31-32-28(34)30(35,24-12-8-6-9-13-24)25-14-10-7-11-15-25/h6-17,19,21-22,35H,5,18,20H2,1-4H3,(H,32,34)/b31-21-. The highest BCUT2D eigenvalue weighted by molar-refractivity contribution is 5.91. The van der Waals surface area contributed by atoms with E-state index in [0.717, 1.165) is 24.9 Å². The number of amides is 1. The minimum atomic E-state index is -1.85. The molecular formula is C30H35N3O2. The van der Waals surface area contributed by atoms with Crippen LogP contribution in [0.2, 0.25) is 0 Å². The number of hydrazone groups is 1. The number of aliphatic hydroxyl groups is 1. The van der Waals surface area contributed by atoms with E-state index in [4.69, 9.17) is 0 Å². The summed E-state index contributed by atoms with van der Waals surface area (Å²) < 4.78 is 0. The van der Waals surface area contributed by atoms with Crippen LogP contribution in [-0.2, 0) is 10.4 Å². The molecule has 5 nitrogen and oxygen atoms in total. The summed E-state index contributed by atoms with van der Waals surface area (Å²) in [6.07, 6.45) is 3.82. The van der Waals surface area contributed by atoms with E-state index >= 15 is 0 Å². The van der Waals surface area contributed by atoms with E-state index in [1.807, 2.05) is 18.2 Å². The van der Waals surface area contributed by atoms with Gasteiger partial charge in [0.1, 0.15) is 0 Å². The number of hydrogen-bond donors (Lipinski definition) is 2. The minimum absolute atomic E-state index is 0.116. The van der Waals surface area contributed by atoms with E-state index in [0.29, 0.717) is 17.0 Å². The van der Waals surface area contributed by atoms with E-state index in [-0.39, 0.29) is 5.54 Å². The predicted octanol–water partition coefficient (Wildman–Crippen LogP) is 5.58. The first kappa shape index (κ1) is 24.7. The summed E-state index contributed by atoms with van der Waals surface area (Å²) in [7, 11) is 0. The molecule has 4 rings (SSSR count). The fraction of sp³-hybridized carbons (Fsp3) is 0.333. The maximum Gasteiger partial charge on any atom is 0.281 e. The highest BCUT2D eigenvalue weighted by Crippen LogP contribution is 2.43. The third kappa shape index (κ3) is 4.87. The number of benzene rings is 3. The molecule has 3 aromatic rings. The molecule has 0 fully saturated rings. The molecule has 1 heterocycles. The quantitative estimate of drug-likeness (QED) is 0.351. The number of nitrogens with zero attached hydrogens (tertiary/aromatic N) is 2. The average Bonchev–Trinajstić information content (AvgIpc) is 2.87. The van der Waals surface area contributed by atoms with Crippen molar-refractivity contribution in [2.75, 3.05) is 11.4 Å². The molecule has 1 atom stereocenters. The summed E-state index contributed by atoms with van der Waals surface area (Å²) >= 11 is 0. The lowest BCUT2D eigenvalue weighted by molar-refractivity contribution is -0.136. The predicted molar refractivity (Wildman–Crippen MR) is 143 cm³/mol. The fourth-order valence-corrected chi connectivity index (χ4v) is 5.27. The molecule has 0 spiro atoms. The summed E-state index contributed by atoms with van der Waals surface area (Å²) in [6.45, 7) is 10.1. The topological polar surface area (TPSA) is 64.9 Å². The van der Waals surface area contributed by atoms with Gasteiger partial charge in [0.15, 0.2) is 5.60 Å². The molecule has 2 N–H and O–H groups in total. The summed E-state index contributed by atoms with van der Waals surface area (Å²) in [6, 6.07) is 24.2. The van der Waals surface area contributed by atoms with Crippen molar-refractivity contribution < 1.29 is 9.90 Å². The van der Waals surface area contributed by atoms with Crippen LogP contribution < -0.4 is 10.3 Å². The van der Waals surface area contributed by atoms with E-state index in [1.54, 1.807) is 54.7 Å². The Morgan fingerprint density at radius 3 is 2.26 bits per heavy atom. The zero-order valence-corrected chi connectivity index (χ0v) is 21.0. The number of carbonyl (C=O) groups excluding carboxylic acids is 1. The normalized spacial score (nSPS) is 17.3. The number of fused-ring (bicyclic) bond motifs is 1. The van der Waals surface area contributed by atoms with E-state index in [2.05, 4.69) is 55.3 Å². The molecule has 0 aromatic heterocycles. The molecule has 0 aliphatic carbocycles. The fourth-order valence-electron chi connectivity index (χ4n) is 5.27. The Morgan fingerprint density at radius 2 is 1.69 bits per heavy atom. The highest BCUT2D eigenvalue weighted by atomic mass is 16.3. The van der Waals surface area contributed by atoms with Crippen molar-refractivity contribution in [2.24, 2.45) is 5.10 Å².